The lowest BCUT2D eigenvalue weighted by Gasteiger charge is -2.17. The monoisotopic (exact) mass is 274 g/mol. The summed E-state index contributed by atoms with van der Waals surface area (Å²) >= 11 is 0. The van der Waals surface area contributed by atoms with Crippen LogP contribution in [0.15, 0.2) is 24.3 Å². The molecule has 0 aliphatic carbocycles. The Bertz CT molecular complexity index is 423. The zero-order valence-corrected chi connectivity index (χ0v) is 12.9. The van der Waals surface area contributed by atoms with Crippen molar-refractivity contribution in [2.45, 2.75) is 52.5 Å². The number of anilines is 1. The summed E-state index contributed by atoms with van der Waals surface area (Å²) in [6.07, 6.45) is 3.73. The van der Waals surface area contributed by atoms with E-state index >= 15 is 0 Å². The van der Waals surface area contributed by atoms with Crippen molar-refractivity contribution in [2.24, 2.45) is 5.92 Å². The SMILES string of the molecule is CC(C)CCC(C)Nc1cccc(OCCCC#N)c1. The molecule has 0 fully saturated rings. The second-order valence-corrected chi connectivity index (χ2v) is 5.65. The van der Waals surface area contributed by atoms with E-state index in [1.807, 2.05) is 18.2 Å². The zero-order valence-electron chi connectivity index (χ0n) is 12.9. The molecule has 0 spiro atoms. The fourth-order valence-corrected chi connectivity index (χ4v) is 1.96. The Balaban J connectivity index is 2.40. The lowest BCUT2D eigenvalue weighted by Crippen LogP contribution is -2.15. The predicted molar refractivity (Wildman–Crippen MR) is 83.9 cm³/mol. The molecule has 110 valence electrons. The summed E-state index contributed by atoms with van der Waals surface area (Å²) < 4.78 is 5.64. The third kappa shape index (κ3) is 7.04. The molecule has 1 aromatic rings. The molecule has 0 aromatic heterocycles. The van der Waals surface area contributed by atoms with Gasteiger partial charge in [-0.1, -0.05) is 19.9 Å². The fourth-order valence-electron chi connectivity index (χ4n) is 1.96. The molecule has 1 aromatic carbocycles. The smallest absolute Gasteiger partial charge is 0.121 e. The molecule has 0 heterocycles. The van der Waals surface area contributed by atoms with Gasteiger partial charge in [0.15, 0.2) is 0 Å². The van der Waals surface area contributed by atoms with Gasteiger partial charge < -0.3 is 10.1 Å². The maximum atomic E-state index is 8.48. The van der Waals surface area contributed by atoms with E-state index in [0.717, 1.165) is 23.8 Å². The minimum Gasteiger partial charge on any atom is -0.493 e. The second-order valence-electron chi connectivity index (χ2n) is 5.65. The molecular formula is C17H26N2O. The number of nitriles is 1. The Morgan fingerprint density at radius 1 is 1.25 bits per heavy atom. The first kappa shape index (κ1) is 16.4. The van der Waals surface area contributed by atoms with Crippen molar-refractivity contribution in [1.82, 2.24) is 0 Å². The number of nitrogens with one attached hydrogen (secondary N) is 1. The maximum absolute atomic E-state index is 8.48. The third-order valence-corrected chi connectivity index (χ3v) is 3.13. The third-order valence-electron chi connectivity index (χ3n) is 3.13. The van der Waals surface area contributed by atoms with Crippen molar-refractivity contribution in [1.29, 1.82) is 5.26 Å². The van der Waals surface area contributed by atoms with E-state index in [1.165, 1.54) is 12.8 Å². The lowest BCUT2D eigenvalue weighted by molar-refractivity contribution is 0.313. The molecule has 1 N–H and O–H groups in total. The Morgan fingerprint density at radius 2 is 2.05 bits per heavy atom. The van der Waals surface area contributed by atoms with Crippen LogP contribution in [0.1, 0.15) is 46.5 Å². The number of rotatable bonds is 9. The highest BCUT2D eigenvalue weighted by atomic mass is 16.5. The summed E-state index contributed by atoms with van der Waals surface area (Å²) in [6, 6.07) is 10.6. The lowest BCUT2D eigenvalue weighted by atomic mass is 10.0. The fraction of sp³-hybridized carbons (Fsp3) is 0.588. The number of hydrogen-bond donors (Lipinski definition) is 1. The van der Waals surface area contributed by atoms with Crippen LogP contribution in [0, 0.1) is 17.2 Å². The van der Waals surface area contributed by atoms with Crippen LogP contribution in [-0.2, 0) is 0 Å². The van der Waals surface area contributed by atoms with E-state index < -0.39 is 0 Å². The zero-order chi connectivity index (χ0) is 14.8. The summed E-state index contributed by atoms with van der Waals surface area (Å²) in [5, 5.41) is 12.0. The average Bonchev–Trinajstić information content (AvgIpc) is 2.42. The topological polar surface area (TPSA) is 45.0 Å². The number of nitrogens with zero attached hydrogens (tertiary/aromatic N) is 1. The quantitative estimate of drug-likeness (QED) is 0.669. The molecular weight excluding hydrogens is 248 g/mol. The van der Waals surface area contributed by atoms with Gasteiger partial charge in [0.2, 0.25) is 0 Å². The summed E-state index contributed by atoms with van der Waals surface area (Å²) in [6.45, 7) is 7.31. The van der Waals surface area contributed by atoms with E-state index in [0.29, 0.717) is 19.1 Å². The molecule has 20 heavy (non-hydrogen) atoms. The van der Waals surface area contributed by atoms with Gasteiger partial charge in [-0.05, 0) is 44.2 Å². The average molecular weight is 274 g/mol. The predicted octanol–water partition coefficient (Wildman–Crippen LogP) is 4.61. The molecule has 3 heteroatoms. The Hall–Kier alpha value is -1.69. The highest BCUT2D eigenvalue weighted by Crippen LogP contribution is 2.19. The molecule has 0 saturated heterocycles. The van der Waals surface area contributed by atoms with E-state index in [1.54, 1.807) is 0 Å². The van der Waals surface area contributed by atoms with Gasteiger partial charge in [0, 0.05) is 24.2 Å². The van der Waals surface area contributed by atoms with Crippen molar-refractivity contribution in [3.05, 3.63) is 24.3 Å². The second kappa shape index (κ2) is 9.25. The Morgan fingerprint density at radius 3 is 2.75 bits per heavy atom. The molecule has 0 aliphatic rings. The van der Waals surface area contributed by atoms with Crippen LogP contribution in [0.2, 0.25) is 0 Å². The molecule has 0 radical (unpaired) electrons. The minimum atomic E-state index is 0.464. The molecule has 1 rings (SSSR count). The number of unbranched alkanes of at least 4 members (excludes halogenated alkanes) is 1. The normalized spacial score (nSPS) is 11.9. The van der Waals surface area contributed by atoms with Crippen LogP contribution < -0.4 is 10.1 Å². The Labute approximate surface area is 123 Å². The van der Waals surface area contributed by atoms with Crippen molar-refractivity contribution in [2.75, 3.05) is 11.9 Å². The van der Waals surface area contributed by atoms with Crippen LogP contribution >= 0.6 is 0 Å². The van der Waals surface area contributed by atoms with E-state index in [-0.39, 0.29) is 0 Å². The molecule has 3 nitrogen and oxygen atoms in total. The van der Waals surface area contributed by atoms with Crippen LogP contribution in [0.4, 0.5) is 5.69 Å². The number of ether oxygens (including phenoxy) is 1. The van der Waals surface area contributed by atoms with Crippen molar-refractivity contribution < 1.29 is 4.74 Å². The number of benzene rings is 1. The van der Waals surface area contributed by atoms with Crippen LogP contribution in [0.3, 0.4) is 0 Å². The van der Waals surface area contributed by atoms with Crippen LogP contribution in [0.5, 0.6) is 5.75 Å². The molecule has 0 saturated carbocycles. The number of hydrogen-bond acceptors (Lipinski definition) is 3. The largest absolute Gasteiger partial charge is 0.493 e. The van der Waals surface area contributed by atoms with Gasteiger partial charge in [0.05, 0.1) is 12.7 Å². The van der Waals surface area contributed by atoms with Crippen molar-refractivity contribution in [3.8, 4) is 11.8 Å². The van der Waals surface area contributed by atoms with Crippen molar-refractivity contribution in [3.63, 3.8) is 0 Å². The summed E-state index contributed by atoms with van der Waals surface area (Å²) in [5.41, 5.74) is 1.10. The van der Waals surface area contributed by atoms with E-state index in [2.05, 4.69) is 38.2 Å². The van der Waals surface area contributed by atoms with Gasteiger partial charge in [0.25, 0.3) is 0 Å². The van der Waals surface area contributed by atoms with Gasteiger partial charge in [-0.25, -0.2) is 0 Å². The van der Waals surface area contributed by atoms with Crippen LogP contribution in [0.25, 0.3) is 0 Å². The Kier molecular flexibility index (Phi) is 7.57. The van der Waals surface area contributed by atoms with Gasteiger partial charge in [-0.3, -0.25) is 0 Å². The molecule has 0 aliphatic heterocycles. The first-order chi connectivity index (χ1) is 9.61. The summed E-state index contributed by atoms with van der Waals surface area (Å²) in [4.78, 5) is 0. The highest BCUT2D eigenvalue weighted by molar-refractivity contribution is 5.48. The molecule has 1 atom stereocenters. The van der Waals surface area contributed by atoms with Crippen LogP contribution in [-0.4, -0.2) is 12.6 Å². The molecule has 1 unspecified atom stereocenters. The van der Waals surface area contributed by atoms with Crippen molar-refractivity contribution >= 4 is 5.69 Å². The summed E-state index contributed by atoms with van der Waals surface area (Å²) in [7, 11) is 0. The minimum absolute atomic E-state index is 0.464. The first-order valence-corrected chi connectivity index (χ1v) is 7.48. The van der Waals surface area contributed by atoms with E-state index in [9.17, 15) is 0 Å². The van der Waals surface area contributed by atoms with Gasteiger partial charge in [-0.2, -0.15) is 5.26 Å². The van der Waals surface area contributed by atoms with Gasteiger partial charge in [-0.15, -0.1) is 0 Å². The summed E-state index contributed by atoms with van der Waals surface area (Å²) in [5.74, 6) is 1.61. The first-order valence-electron chi connectivity index (χ1n) is 7.48. The van der Waals surface area contributed by atoms with Gasteiger partial charge >= 0.3 is 0 Å². The maximum Gasteiger partial charge on any atom is 0.121 e. The standard InChI is InChI=1S/C17H26N2O/c1-14(2)9-10-15(3)19-16-7-6-8-17(13-16)20-12-5-4-11-18/h6-8,13-15,19H,4-5,9-10,12H2,1-3H3. The molecule has 0 bridgehead atoms. The highest BCUT2D eigenvalue weighted by Gasteiger charge is 2.04. The van der Waals surface area contributed by atoms with Gasteiger partial charge in [0.1, 0.15) is 5.75 Å². The molecule has 0 amide bonds. The van der Waals surface area contributed by atoms with E-state index in [4.69, 9.17) is 10.00 Å².